The average Bonchev–Trinajstić information content (AvgIpc) is 2.41. The van der Waals surface area contributed by atoms with Gasteiger partial charge in [0.2, 0.25) is 11.8 Å². The van der Waals surface area contributed by atoms with Crippen molar-refractivity contribution in [3.63, 3.8) is 0 Å². The molecule has 0 radical (unpaired) electrons. The Morgan fingerprint density at radius 1 is 1.42 bits per heavy atom. The minimum absolute atomic E-state index is 0.0342. The lowest BCUT2D eigenvalue weighted by atomic mass is 9.93. The van der Waals surface area contributed by atoms with Gasteiger partial charge in [-0.3, -0.25) is 9.59 Å². The lowest BCUT2D eigenvalue weighted by Gasteiger charge is -2.40. The maximum Gasteiger partial charge on any atom is 0.246 e. The molecule has 106 valence electrons. The van der Waals surface area contributed by atoms with Crippen LogP contribution in [0.1, 0.15) is 46.5 Å². The van der Waals surface area contributed by atoms with Crippen molar-refractivity contribution < 1.29 is 9.59 Å². The summed E-state index contributed by atoms with van der Waals surface area (Å²) in [5, 5.41) is 2.87. The summed E-state index contributed by atoms with van der Waals surface area (Å²) >= 11 is 0. The van der Waals surface area contributed by atoms with Crippen LogP contribution in [-0.4, -0.2) is 35.3 Å². The summed E-state index contributed by atoms with van der Waals surface area (Å²) < 4.78 is 0. The predicted molar refractivity (Wildman–Crippen MR) is 75.2 cm³/mol. The van der Waals surface area contributed by atoms with E-state index in [2.05, 4.69) is 11.2 Å². The van der Waals surface area contributed by atoms with E-state index in [1.807, 2.05) is 20.8 Å². The van der Waals surface area contributed by atoms with E-state index in [-0.39, 0.29) is 29.8 Å². The van der Waals surface area contributed by atoms with Crippen molar-refractivity contribution in [2.75, 3.05) is 6.54 Å². The largest absolute Gasteiger partial charge is 0.342 e. The quantitative estimate of drug-likeness (QED) is 0.584. The van der Waals surface area contributed by atoms with E-state index in [4.69, 9.17) is 6.42 Å². The number of nitrogens with zero attached hydrogens (tertiary/aromatic N) is 1. The van der Waals surface area contributed by atoms with Gasteiger partial charge < -0.3 is 10.2 Å². The van der Waals surface area contributed by atoms with Crippen LogP contribution >= 0.6 is 0 Å². The minimum atomic E-state index is -0.383. The number of unbranched alkanes of at least 4 members (excludes halogenated alkanes) is 1. The Morgan fingerprint density at radius 2 is 2.11 bits per heavy atom. The molecule has 2 amide bonds. The summed E-state index contributed by atoms with van der Waals surface area (Å²) in [6.45, 7) is 6.52. The summed E-state index contributed by atoms with van der Waals surface area (Å²) in [7, 11) is 0. The van der Waals surface area contributed by atoms with E-state index in [9.17, 15) is 9.59 Å². The van der Waals surface area contributed by atoms with Crippen molar-refractivity contribution in [2.24, 2.45) is 5.92 Å². The zero-order valence-electron chi connectivity index (χ0n) is 12.1. The third-order valence-corrected chi connectivity index (χ3v) is 3.85. The molecule has 1 heterocycles. The first kappa shape index (κ1) is 15.6. The minimum Gasteiger partial charge on any atom is -0.342 e. The first-order valence-corrected chi connectivity index (χ1v) is 7.11. The zero-order valence-corrected chi connectivity index (χ0v) is 12.1. The molecule has 0 bridgehead atoms. The Labute approximate surface area is 115 Å². The molecule has 1 rings (SSSR count). The normalized spacial score (nSPS) is 24.8. The van der Waals surface area contributed by atoms with Gasteiger partial charge in [0.1, 0.15) is 12.1 Å². The smallest absolute Gasteiger partial charge is 0.246 e. The van der Waals surface area contributed by atoms with Crippen LogP contribution in [0.2, 0.25) is 0 Å². The van der Waals surface area contributed by atoms with Crippen LogP contribution in [0.15, 0.2) is 0 Å². The highest BCUT2D eigenvalue weighted by molar-refractivity contribution is 5.97. The Kier molecular flexibility index (Phi) is 5.88. The van der Waals surface area contributed by atoms with Gasteiger partial charge in [-0.1, -0.05) is 27.2 Å². The lowest BCUT2D eigenvalue weighted by molar-refractivity contribution is -0.151. The van der Waals surface area contributed by atoms with Gasteiger partial charge in [-0.25, -0.2) is 0 Å². The number of piperazine rings is 1. The molecule has 0 aromatic rings. The van der Waals surface area contributed by atoms with Crippen molar-refractivity contribution in [1.82, 2.24) is 10.2 Å². The molecule has 19 heavy (non-hydrogen) atoms. The number of nitrogens with one attached hydrogen (secondary N) is 1. The van der Waals surface area contributed by atoms with Gasteiger partial charge in [0.25, 0.3) is 0 Å². The highest BCUT2D eigenvalue weighted by Gasteiger charge is 2.40. The fourth-order valence-electron chi connectivity index (χ4n) is 2.43. The molecule has 4 heteroatoms. The number of hydrogen-bond donors (Lipinski definition) is 1. The second-order valence-corrected chi connectivity index (χ2v) is 5.14. The maximum atomic E-state index is 12.5. The third-order valence-electron chi connectivity index (χ3n) is 3.85. The number of carbonyl (C=O) groups excluding carboxylic acids is 2. The molecule has 1 fully saturated rings. The first-order valence-electron chi connectivity index (χ1n) is 7.11. The standard InChI is InChI=1S/C15H24N2O2/c1-5-8-9-10-17-12(7-3)14(18)16-13(15(17)19)11(4)6-2/h1,11-13H,6-10H2,2-4H3,(H,16,18). The van der Waals surface area contributed by atoms with Crippen LogP contribution in [0.25, 0.3) is 0 Å². The monoisotopic (exact) mass is 264 g/mol. The van der Waals surface area contributed by atoms with E-state index in [1.54, 1.807) is 4.90 Å². The number of hydrogen-bond acceptors (Lipinski definition) is 2. The molecule has 3 atom stereocenters. The van der Waals surface area contributed by atoms with Crippen molar-refractivity contribution in [3.8, 4) is 12.3 Å². The topological polar surface area (TPSA) is 49.4 Å². The second-order valence-electron chi connectivity index (χ2n) is 5.14. The fourth-order valence-corrected chi connectivity index (χ4v) is 2.43. The highest BCUT2D eigenvalue weighted by Crippen LogP contribution is 2.19. The van der Waals surface area contributed by atoms with Crippen molar-refractivity contribution in [1.29, 1.82) is 0 Å². The third kappa shape index (κ3) is 3.50. The molecule has 1 saturated heterocycles. The summed E-state index contributed by atoms with van der Waals surface area (Å²) in [6.07, 6.45) is 8.13. The van der Waals surface area contributed by atoms with Crippen LogP contribution in [0.4, 0.5) is 0 Å². The molecule has 4 nitrogen and oxygen atoms in total. The highest BCUT2D eigenvalue weighted by atomic mass is 16.2. The van der Waals surface area contributed by atoms with E-state index < -0.39 is 0 Å². The summed E-state index contributed by atoms with van der Waals surface area (Å²) in [5.41, 5.74) is 0. The number of terminal acetylenes is 1. The van der Waals surface area contributed by atoms with Crippen LogP contribution in [0.3, 0.4) is 0 Å². The van der Waals surface area contributed by atoms with Crippen LogP contribution in [-0.2, 0) is 9.59 Å². The molecule has 0 aliphatic carbocycles. The van der Waals surface area contributed by atoms with Gasteiger partial charge in [0.05, 0.1) is 0 Å². The van der Waals surface area contributed by atoms with Crippen LogP contribution in [0, 0.1) is 18.3 Å². The predicted octanol–water partition coefficient (Wildman–Crippen LogP) is 1.55. The zero-order chi connectivity index (χ0) is 14.4. The molecule has 1 N–H and O–H groups in total. The second kappa shape index (κ2) is 7.18. The molecule has 3 unspecified atom stereocenters. The van der Waals surface area contributed by atoms with Crippen LogP contribution < -0.4 is 5.32 Å². The lowest BCUT2D eigenvalue weighted by Crippen LogP contribution is -2.64. The van der Waals surface area contributed by atoms with Crippen molar-refractivity contribution in [2.45, 2.75) is 58.5 Å². The molecule has 0 aromatic heterocycles. The summed E-state index contributed by atoms with van der Waals surface area (Å²) in [4.78, 5) is 26.3. The Bertz CT molecular complexity index is 373. The van der Waals surface area contributed by atoms with E-state index in [0.29, 0.717) is 19.4 Å². The molecular weight excluding hydrogens is 240 g/mol. The molecular formula is C15H24N2O2. The SMILES string of the molecule is C#CCCCN1C(=O)C(C(C)CC)NC(=O)C1CC. The summed E-state index contributed by atoms with van der Waals surface area (Å²) in [5.74, 6) is 2.74. The van der Waals surface area contributed by atoms with Gasteiger partial charge in [0, 0.05) is 13.0 Å². The molecule has 1 aliphatic rings. The Hall–Kier alpha value is -1.50. The van der Waals surface area contributed by atoms with Gasteiger partial charge >= 0.3 is 0 Å². The molecule has 0 saturated carbocycles. The van der Waals surface area contributed by atoms with Crippen LogP contribution in [0.5, 0.6) is 0 Å². The van der Waals surface area contributed by atoms with E-state index >= 15 is 0 Å². The van der Waals surface area contributed by atoms with E-state index in [0.717, 1.165) is 12.8 Å². The van der Waals surface area contributed by atoms with Gasteiger partial charge in [-0.2, -0.15) is 0 Å². The number of amides is 2. The van der Waals surface area contributed by atoms with E-state index in [1.165, 1.54) is 0 Å². The molecule has 1 aliphatic heterocycles. The Balaban J connectivity index is 2.83. The van der Waals surface area contributed by atoms with Gasteiger partial charge in [-0.05, 0) is 18.8 Å². The summed E-state index contributed by atoms with van der Waals surface area (Å²) in [6, 6.07) is -0.725. The fraction of sp³-hybridized carbons (Fsp3) is 0.733. The molecule has 0 spiro atoms. The maximum absolute atomic E-state index is 12.5. The number of carbonyl (C=O) groups is 2. The van der Waals surface area contributed by atoms with Gasteiger partial charge in [-0.15, -0.1) is 12.3 Å². The Morgan fingerprint density at radius 3 is 2.63 bits per heavy atom. The van der Waals surface area contributed by atoms with Crippen molar-refractivity contribution >= 4 is 11.8 Å². The van der Waals surface area contributed by atoms with Gasteiger partial charge in [0.15, 0.2) is 0 Å². The first-order chi connectivity index (χ1) is 9.06. The van der Waals surface area contributed by atoms with Crippen molar-refractivity contribution in [3.05, 3.63) is 0 Å². The average molecular weight is 264 g/mol. The number of rotatable bonds is 6. The molecule has 0 aromatic carbocycles.